The molecule has 0 saturated heterocycles. The van der Waals surface area contributed by atoms with Gasteiger partial charge in [0.1, 0.15) is 5.75 Å². The van der Waals surface area contributed by atoms with Crippen molar-refractivity contribution in [1.82, 2.24) is 14.9 Å². The van der Waals surface area contributed by atoms with Crippen molar-refractivity contribution in [3.8, 4) is 5.75 Å². The fourth-order valence-corrected chi connectivity index (χ4v) is 3.04. The molecule has 0 atom stereocenters. The second-order valence-electron chi connectivity index (χ2n) is 6.11. The van der Waals surface area contributed by atoms with E-state index in [0.29, 0.717) is 32.4 Å². The van der Waals surface area contributed by atoms with Crippen LogP contribution in [0.15, 0.2) is 53.3 Å². The van der Waals surface area contributed by atoms with Crippen LogP contribution in [-0.4, -0.2) is 29.1 Å². The molecule has 6 heteroatoms. The number of ether oxygens (including phenoxy) is 1. The van der Waals surface area contributed by atoms with E-state index in [9.17, 15) is 9.59 Å². The summed E-state index contributed by atoms with van der Waals surface area (Å²) < 4.78 is 7.00. The molecule has 0 aliphatic carbocycles. The number of benzene rings is 2. The highest BCUT2D eigenvalue weighted by Crippen LogP contribution is 2.18. The van der Waals surface area contributed by atoms with Gasteiger partial charge in [0.15, 0.2) is 0 Å². The van der Waals surface area contributed by atoms with Crippen LogP contribution in [0.2, 0.25) is 0 Å². The summed E-state index contributed by atoms with van der Waals surface area (Å²) in [6, 6.07) is 15.3. The van der Waals surface area contributed by atoms with Gasteiger partial charge in [-0.05, 0) is 36.6 Å². The number of fused-ring (bicyclic) bond motifs is 1. The molecule has 136 valence electrons. The molecular weight excluding hydrogens is 330 g/mol. The van der Waals surface area contributed by atoms with Gasteiger partial charge < -0.3 is 15.0 Å². The molecule has 0 aliphatic heterocycles. The average molecular weight is 353 g/mol. The average Bonchev–Trinajstić information content (AvgIpc) is 2.99. The highest BCUT2D eigenvalue weighted by Gasteiger charge is 2.07. The first-order chi connectivity index (χ1) is 12.7. The first-order valence-electron chi connectivity index (χ1n) is 8.75. The van der Waals surface area contributed by atoms with Crippen LogP contribution in [0.5, 0.6) is 5.75 Å². The third-order valence-corrected chi connectivity index (χ3v) is 4.38. The topological polar surface area (TPSA) is 76.1 Å². The Bertz CT molecular complexity index is 943. The molecule has 1 aromatic heterocycles. The van der Waals surface area contributed by atoms with E-state index in [-0.39, 0.29) is 11.6 Å². The predicted molar refractivity (Wildman–Crippen MR) is 102 cm³/mol. The fraction of sp³-hybridized carbons (Fsp3) is 0.300. The summed E-state index contributed by atoms with van der Waals surface area (Å²) in [6.45, 7) is 1.10. The monoisotopic (exact) mass is 353 g/mol. The number of rotatable bonds is 8. The Morgan fingerprint density at radius 3 is 2.77 bits per heavy atom. The summed E-state index contributed by atoms with van der Waals surface area (Å²) in [5, 5.41) is 2.92. The Balaban J connectivity index is 1.45. The van der Waals surface area contributed by atoms with Crippen LogP contribution in [0.1, 0.15) is 18.4 Å². The van der Waals surface area contributed by atoms with Gasteiger partial charge in [-0.1, -0.05) is 30.3 Å². The molecule has 0 aliphatic rings. The number of methoxy groups -OCH3 is 1. The largest absolute Gasteiger partial charge is 0.496 e. The van der Waals surface area contributed by atoms with Gasteiger partial charge in [0.25, 0.3) is 0 Å². The number of nitrogens with zero attached hydrogens (tertiary/aromatic N) is 1. The van der Waals surface area contributed by atoms with Gasteiger partial charge in [-0.3, -0.25) is 9.36 Å². The van der Waals surface area contributed by atoms with Crippen molar-refractivity contribution in [1.29, 1.82) is 0 Å². The van der Waals surface area contributed by atoms with Crippen molar-refractivity contribution in [2.75, 3.05) is 13.7 Å². The number of amides is 1. The quantitative estimate of drug-likeness (QED) is 0.611. The van der Waals surface area contributed by atoms with E-state index in [2.05, 4.69) is 10.3 Å². The van der Waals surface area contributed by atoms with Crippen LogP contribution in [-0.2, 0) is 17.8 Å². The number of nitrogens with one attached hydrogen (secondary N) is 2. The number of hydrogen-bond acceptors (Lipinski definition) is 3. The van der Waals surface area contributed by atoms with Gasteiger partial charge in [-0.25, -0.2) is 4.79 Å². The number of H-pyrrole nitrogens is 1. The molecule has 2 N–H and O–H groups in total. The molecule has 2 aromatic carbocycles. The molecule has 1 amide bonds. The van der Waals surface area contributed by atoms with E-state index in [0.717, 1.165) is 22.3 Å². The smallest absolute Gasteiger partial charge is 0.326 e. The van der Waals surface area contributed by atoms with E-state index in [1.807, 2.05) is 48.5 Å². The van der Waals surface area contributed by atoms with Crippen LogP contribution >= 0.6 is 0 Å². The van der Waals surface area contributed by atoms with E-state index in [4.69, 9.17) is 4.74 Å². The van der Waals surface area contributed by atoms with Gasteiger partial charge in [0.05, 0.1) is 18.1 Å². The number of imidazole rings is 1. The molecule has 0 unspecified atom stereocenters. The lowest BCUT2D eigenvalue weighted by Crippen LogP contribution is -2.26. The third kappa shape index (κ3) is 4.14. The number of carbonyl (C=O) groups is 1. The maximum Gasteiger partial charge on any atom is 0.326 e. The van der Waals surface area contributed by atoms with Crippen molar-refractivity contribution in [3.63, 3.8) is 0 Å². The Hall–Kier alpha value is -3.02. The SMILES string of the molecule is COc1ccccc1CCC(=O)NCCCn1c(=O)[nH]c2ccccc21. The highest BCUT2D eigenvalue weighted by atomic mass is 16.5. The molecule has 0 bridgehead atoms. The van der Waals surface area contributed by atoms with Crippen LogP contribution < -0.4 is 15.7 Å². The Labute approximate surface area is 151 Å². The molecule has 26 heavy (non-hydrogen) atoms. The number of para-hydroxylation sites is 3. The second-order valence-corrected chi connectivity index (χ2v) is 6.11. The maximum atomic E-state index is 12.0. The van der Waals surface area contributed by atoms with Gasteiger partial charge in [-0.2, -0.15) is 0 Å². The molecule has 0 fully saturated rings. The lowest BCUT2D eigenvalue weighted by molar-refractivity contribution is -0.121. The zero-order chi connectivity index (χ0) is 18.4. The standard InChI is InChI=1S/C20H23N3O3/c1-26-18-10-5-2-7-15(18)11-12-19(24)21-13-6-14-23-17-9-4-3-8-16(17)22-20(23)25/h2-5,7-10H,6,11-14H2,1H3,(H,21,24)(H,22,25). The minimum absolute atomic E-state index is 0.00202. The van der Waals surface area contributed by atoms with Crippen molar-refractivity contribution >= 4 is 16.9 Å². The molecule has 6 nitrogen and oxygen atoms in total. The molecule has 0 radical (unpaired) electrons. The van der Waals surface area contributed by atoms with Crippen LogP contribution in [0.4, 0.5) is 0 Å². The number of aryl methyl sites for hydroxylation is 2. The molecule has 0 saturated carbocycles. The third-order valence-electron chi connectivity index (χ3n) is 4.38. The van der Waals surface area contributed by atoms with Gasteiger partial charge in [-0.15, -0.1) is 0 Å². The van der Waals surface area contributed by atoms with E-state index < -0.39 is 0 Å². The number of aromatic nitrogens is 2. The summed E-state index contributed by atoms with van der Waals surface area (Å²) in [7, 11) is 1.63. The summed E-state index contributed by atoms with van der Waals surface area (Å²) in [5.74, 6) is 0.807. The predicted octanol–water partition coefficient (Wildman–Crippen LogP) is 2.48. The number of carbonyl (C=O) groups excluding carboxylic acids is 1. The molecule has 0 spiro atoms. The summed E-state index contributed by atoms with van der Waals surface area (Å²) in [4.78, 5) is 26.9. The maximum absolute atomic E-state index is 12.0. The molecule has 3 rings (SSSR count). The van der Waals surface area contributed by atoms with Gasteiger partial charge >= 0.3 is 5.69 Å². The van der Waals surface area contributed by atoms with Gasteiger partial charge in [0, 0.05) is 19.5 Å². The fourth-order valence-electron chi connectivity index (χ4n) is 3.04. The Morgan fingerprint density at radius 2 is 1.92 bits per heavy atom. The first kappa shape index (κ1) is 17.8. The van der Waals surface area contributed by atoms with Crippen molar-refractivity contribution in [3.05, 3.63) is 64.6 Å². The molecule has 1 heterocycles. The normalized spacial score (nSPS) is 10.8. The highest BCUT2D eigenvalue weighted by molar-refractivity contribution is 5.76. The van der Waals surface area contributed by atoms with Crippen molar-refractivity contribution in [2.45, 2.75) is 25.8 Å². The lowest BCUT2D eigenvalue weighted by atomic mass is 10.1. The Morgan fingerprint density at radius 1 is 1.15 bits per heavy atom. The Kier molecular flexibility index (Phi) is 5.73. The summed E-state index contributed by atoms with van der Waals surface area (Å²) in [6.07, 6.45) is 1.74. The minimum Gasteiger partial charge on any atom is -0.496 e. The van der Waals surface area contributed by atoms with Crippen molar-refractivity contribution < 1.29 is 9.53 Å². The first-order valence-corrected chi connectivity index (χ1v) is 8.75. The molecular formula is C20H23N3O3. The summed E-state index contributed by atoms with van der Waals surface area (Å²) in [5.41, 5.74) is 2.63. The zero-order valence-corrected chi connectivity index (χ0v) is 14.8. The van der Waals surface area contributed by atoms with E-state index in [1.165, 1.54) is 0 Å². The second kappa shape index (κ2) is 8.38. The van der Waals surface area contributed by atoms with Crippen LogP contribution in [0, 0.1) is 0 Å². The molecule has 3 aromatic rings. The number of hydrogen-bond donors (Lipinski definition) is 2. The van der Waals surface area contributed by atoms with Gasteiger partial charge in [0.2, 0.25) is 5.91 Å². The number of aromatic amines is 1. The van der Waals surface area contributed by atoms with E-state index in [1.54, 1.807) is 11.7 Å². The lowest BCUT2D eigenvalue weighted by Gasteiger charge is -2.09. The van der Waals surface area contributed by atoms with E-state index >= 15 is 0 Å². The minimum atomic E-state index is -0.117. The van der Waals surface area contributed by atoms with Crippen LogP contribution in [0.3, 0.4) is 0 Å². The van der Waals surface area contributed by atoms with Crippen LogP contribution in [0.25, 0.3) is 11.0 Å². The zero-order valence-electron chi connectivity index (χ0n) is 14.8. The van der Waals surface area contributed by atoms with Crippen molar-refractivity contribution in [2.24, 2.45) is 0 Å². The summed E-state index contributed by atoms with van der Waals surface area (Å²) >= 11 is 0.